The third-order valence-electron chi connectivity index (χ3n) is 3.97. The molecule has 1 aliphatic rings. The van der Waals surface area contributed by atoms with Crippen LogP contribution in [0.4, 0.5) is 0 Å². The van der Waals surface area contributed by atoms with E-state index in [4.69, 9.17) is 0 Å². The van der Waals surface area contributed by atoms with E-state index in [1.807, 2.05) is 46.1 Å². The Balaban J connectivity index is 1.64. The maximum absolute atomic E-state index is 12.5. The van der Waals surface area contributed by atoms with Crippen LogP contribution in [-0.2, 0) is 11.2 Å². The van der Waals surface area contributed by atoms with Crippen LogP contribution in [0.25, 0.3) is 5.69 Å². The first kappa shape index (κ1) is 14.8. The molecule has 2 atom stereocenters. The Kier molecular flexibility index (Phi) is 4.24. The molecule has 5 heteroatoms. The van der Waals surface area contributed by atoms with Gasteiger partial charge in [0.1, 0.15) is 0 Å². The number of carbonyl (C=O) groups excluding carboxylic acids is 1. The molecular formula is C17H22N4O. The van der Waals surface area contributed by atoms with Crippen molar-refractivity contribution in [1.29, 1.82) is 0 Å². The van der Waals surface area contributed by atoms with Gasteiger partial charge in [0.2, 0.25) is 5.91 Å². The molecule has 1 aromatic heterocycles. The van der Waals surface area contributed by atoms with Gasteiger partial charge >= 0.3 is 0 Å². The summed E-state index contributed by atoms with van der Waals surface area (Å²) in [6.45, 7) is 5.81. The molecule has 3 rings (SSSR count). The lowest BCUT2D eigenvalue weighted by Crippen LogP contribution is -2.56. The molecule has 1 aromatic carbocycles. The third-order valence-corrected chi connectivity index (χ3v) is 3.97. The fourth-order valence-corrected chi connectivity index (χ4v) is 3.00. The number of piperazine rings is 1. The highest BCUT2D eigenvalue weighted by Crippen LogP contribution is 2.12. The molecule has 2 heterocycles. The lowest BCUT2D eigenvalue weighted by atomic mass is 10.1. The Bertz CT molecular complexity index is 611. The van der Waals surface area contributed by atoms with Crippen molar-refractivity contribution in [2.75, 3.05) is 13.1 Å². The fraction of sp³-hybridized carbons (Fsp3) is 0.412. The van der Waals surface area contributed by atoms with Crippen LogP contribution in [0.3, 0.4) is 0 Å². The van der Waals surface area contributed by atoms with Gasteiger partial charge in [0, 0.05) is 37.6 Å². The zero-order valence-corrected chi connectivity index (χ0v) is 13.1. The third kappa shape index (κ3) is 3.36. The zero-order chi connectivity index (χ0) is 15.5. The van der Waals surface area contributed by atoms with E-state index in [9.17, 15) is 4.79 Å². The van der Waals surface area contributed by atoms with Crippen LogP contribution in [0.1, 0.15) is 19.4 Å². The van der Waals surface area contributed by atoms with Gasteiger partial charge in [-0.2, -0.15) is 5.10 Å². The Labute approximate surface area is 130 Å². The molecule has 1 saturated heterocycles. The van der Waals surface area contributed by atoms with E-state index in [0.29, 0.717) is 18.5 Å². The number of nitrogens with zero attached hydrogens (tertiary/aromatic N) is 3. The Morgan fingerprint density at radius 2 is 1.91 bits per heavy atom. The van der Waals surface area contributed by atoms with Gasteiger partial charge in [-0.3, -0.25) is 4.79 Å². The molecule has 1 amide bonds. The van der Waals surface area contributed by atoms with Crippen molar-refractivity contribution in [2.45, 2.75) is 32.4 Å². The molecule has 2 unspecified atom stereocenters. The minimum absolute atomic E-state index is 0.201. The van der Waals surface area contributed by atoms with Crippen LogP contribution >= 0.6 is 0 Å². The number of hydrogen-bond acceptors (Lipinski definition) is 3. The molecule has 22 heavy (non-hydrogen) atoms. The molecular weight excluding hydrogens is 276 g/mol. The molecule has 5 nitrogen and oxygen atoms in total. The van der Waals surface area contributed by atoms with Crippen molar-refractivity contribution in [2.24, 2.45) is 0 Å². The van der Waals surface area contributed by atoms with Crippen molar-refractivity contribution in [3.8, 4) is 5.69 Å². The van der Waals surface area contributed by atoms with Gasteiger partial charge < -0.3 is 10.2 Å². The summed E-state index contributed by atoms with van der Waals surface area (Å²) < 4.78 is 1.81. The number of carbonyl (C=O) groups is 1. The maximum atomic E-state index is 12.5. The first-order valence-corrected chi connectivity index (χ1v) is 7.74. The summed E-state index contributed by atoms with van der Waals surface area (Å²) in [5, 5.41) is 7.65. The highest BCUT2D eigenvalue weighted by atomic mass is 16.2. The van der Waals surface area contributed by atoms with Gasteiger partial charge in [0.25, 0.3) is 0 Å². The summed E-state index contributed by atoms with van der Waals surface area (Å²) in [4.78, 5) is 14.4. The highest BCUT2D eigenvalue weighted by Gasteiger charge is 2.24. The van der Waals surface area contributed by atoms with E-state index in [-0.39, 0.29) is 5.91 Å². The van der Waals surface area contributed by atoms with Gasteiger partial charge in [0.05, 0.1) is 12.1 Å². The zero-order valence-electron chi connectivity index (χ0n) is 13.1. The van der Waals surface area contributed by atoms with E-state index in [1.165, 1.54) is 0 Å². The molecule has 1 aliphatic heterocycles. The first-order chi connectivity index (χ1) is 10.6. The van der Waals surface area contributed by atoms with Crippen molar-refractivity contribution >= 4 is 5.91 Å². The van der Waals surface area contributed by atoms with Gasteiger partial charge in [-0.15, -0.1) is 0 Å². The molecule has 116 valence electrons. The van der Waals surface area contributed by atoms with E-state index >= 15 is 0 Å². The Morgan fingerprint density at radius 3 is 2.50 bits per heavy atom. The van der Waals surface area contributed by atoms with Crippen LogP contribution in [-0.4, -0.2) is 45.8 Å². The number of benzene rings is 1. The SMILES string of the molecule is CC1CN(C(=O)Cc2ccc(-n3cccn3)cc2)CC(C)N1. The van der Waals surface area contributed by atoms with Crippen LogP contribution in [0, 0.1) is 0 Å². The average molecular weight is 298 g/mol. The summed E-state index contributed by atoms with van der Waals surface area (Å²) in [6.07, 6.45) is 4.12. The van der Waals surface area contributed by atoms with Crippen molar-refractivity contribution in [3.63, 3.8) is 0 Å². The lowest BCUT2D eigenvalue weighted by Gasteiger charge is -2.36. The predicted octanol–water partition coefficient (Wildman–Crippen LogP) is 1.62. The number of rotatable bonds is 3. The molecule has 2 aromatic rings. The molecule has 0 saturated carbocycles. The van der Waals surface area contributed by atoms with Crippen molar-refractivity contribution < 1.29 is 4.79 Å². The first-order valence-electron chi connectivity index (χ1n) is 7.74. The number of aromatic nitrogens is 2. The van der Waals surface area contributed by atoms with Crippen molar-refractivity contribution in [3.05, 3.63) is 48.3 Å². The standard InChI is InChI=1S/C17H22N4O/c1-13-11-20(12-14(2)19-13)17(22)10-15-4-6-16(7-5-15)21-9-3-8-18-21/h3-9,13-14,19H,10-12H2,1-2H3. The summed E-state index contributed by atoms with van der Waals surface area (Å²) in [5.74, 6) is 0.201. The van der Waals surface area contributed by atoms with Gasteiger partial charge in [-0.1, -0.05) is 12.1 Å². The van der Waals surface area contributed by atoms with Crippen LogP contribution in [0.2, 0.25) is 0 Å². The largest absolute Gasteiger partial charge is 0.339 e. The van der Waals surface area contributed by atoms with E-state index < -0.39 is 0 Å². The van der Waals surface area contributed by atoms with Gasteiger partial charge in [0.15, 0.2) is 0 Å². The lowest BCUT2D eigenvalue weighted by molar-refractivity contribution is -0.132. The summed E-state index contributed by atoms with van der Waals surface area (Å²) in [7, 11) is 0. The van der Waals surface area contributed by atoms with Gasteiger partial charge in [-0.05, 0) is 37.6 Å². The molecule has 1 N–H and O–H groups in total. The van der Waals surface area contributed by atoms with E-state index in [0.717, 1.165) is 24.3 Å². The molecule has 0 spiro atoms. The van der Waals surface area contributed by atoms with Gasteiger partial charge in [-0.25, -0.2) is 4.68 Å². The minimum atomic E-state index is 0.201. The van der Waals surface area contributed by atoms with Crippen molar-refractivity contribution in [1.82, 2.24) is 20.0 Å². The predicted molar refractivity (Wildman–Crippen MR) is 85.9 cm³/mol. The van der Waals surface area contributed by atoms with Crippen LogP contribution in [0.15, 0.2) is 42.7 Å². The van der Waals surface area contributed by atoms with E-state index in [1.54, 1.807) is 6.20 Å². The summed E-state index contributed by atoms with van der Waals surface area (Å²) in [5.41, 5.74) is 2.05. The number of nitrogens with one attached hydrogen (secondary N) is 1. The average Bonchev–Trinajstić information content (AvgIpc) is 3.01. The molecule has 1 fully saturated rings. The topological polar surface area (TPSA) is 50.2 Å². The monoisotopic (exact) mass is 298 g/mol. The van der Waals surface area contributed by atoms with Crippen LogP contribution < -0.4 is 5.32 Å². The Hall–Kier alpha value is -2.14. The highest BCUT2D eigenvalue weighted by molar-refractivity contribution is 5.79. The van der Waals surface area contributed by atoms with Crippen LogP contribution in [0.5, 0.6) is 0 Å². The quantitative estimate of drug-likeness (QED) is 0.937. The molecule has 0 bridgehead atoms. The smallest absolute Gasteiger partial charge is 0.227 e. The second-order valence-corrected chi connectivity index (χ2v) is 6.06. The number of amides is 1. The molecule has 0 radical (unpaired) electrons. The Morgan fingerprint density at radius 1 is 1.23 bits per heavy atom. The second kappa shape index (κ2) is 6.32. The normalized spacial score (nSPS) is 21.8. The maximum Gasteiger partial charge on any atom is 0.227 e. The second-order valence-electron chi connectivity index (χ2n) is 6.06. The number of hydrogen-bond donors (Lipinski definition) is 1. The summed E-state index contributed by atoms with van der Waals surface area (Å²) in [6, 6.07) is 10.6. The minimum Gasteiger partial charge on any atom is -0.339 e. The van der Waals surface area contributed by atoms with E-state index in [2.05, 4.69) is 24.3 Å². The molecule has 0 aliphatic carbocycles. The fourth-order valence-electron chi connectivity index (χ4n) is 3.00. The summed E-state index contributed by atoms with van der Waals surface area (Å²) >= 11 is 0.